The molecule has 4 heteroatoms. The first-order valence-electron chi connectivity index (χ1n) is 3.64. The maximum absolute atomic E-state index is 5.14. The van der Waals surface area contributed by atoms with Crippen molar-refractivity contribution in [1.29, 1.82) is 0 Å². The van der Waals surface area contributed by atoms with Gasteiger partial charge in [0, 0.05) is 12.1 Å². The molecule has 0 atom stereocenters. The maximum atomic E-state index is 5.14. The molecule has 0 amide bonds. The molecule has 3 nitrogen and oxygen atoms in total. The van der Waals surface area contributed by atoms with Gasteiger partial charge in [-0.05, 0) is 19.2 Å². The lowest BCUT2D eigenvalue weighted by Gasteiger charge is -2.09. The molecule has 0 aromatic carbocycles. The highest BCUT2D eigenvalue weighted by Crippen LogP contribution is 2.25. The number of fused-ring (bicyclic) bond motifs is 1. The van der Waals surface area contributed by atoms with E-state index in [0.717, 1.165) is 30.3 Å². The van der Waals surface area contributed by atoms with Crippen molar-refractivity contribution in [3.63, 3.8) is 0 Å². The minimum Gasteiger partial charge on any atom is -0.349 e. The van der Waals surface area contributed by atoms with E-state index in [9.17, 15) is 0 Å². The van der Waals surface area contributed by atoms with E-state index >= 15 is 0 Å². The minimum absolute atomic E-state index is 0.861. The normalized spacial score (nSPS) is 16.5. The Kier molecular flexibility index (Phi) is 1.87. The zero-order valence-electron chi connectivity index (χ0n) is 6.39. The Morgan fingerprint density at radius 2 is 2.55 bits per heavy atom. The molecule has 0 spiro atoms. The van der Waals surface area contributed by atoms with Crippen molar-refractivity contribution in [2.75, 3.05) is 12.8 Å². The van der Waals surface area contributed by atoms with Gasteiger partial charge in [-0.15, -0.1) is 0 Å². The molecule has 0 fully saturated rings. The van der Waals surface area contributed by atoms with E-state index in [1.165, 1.54) is 5.56 Å². The van der Waals surface area contributed by atoms with Crippen LogP contribution in [0.5, 0.6) is 0 Å². The number of nitrogens with one attached hydrogen (secondary N) is 1. The van der Waals surface area contributed by atoms with Gasteiger partial charge in [0.15, 0.2) is 5.09 Å². The molecule has 1 aliphatic rings. The molecule has 1 aromatic heterocycles. The molecule has 0 radical (unpaired) electrons. The average Bonchev–Trinajstić information content (AvgIpc) is 2.47. The van der Waals surface area contributed by atoms with E-state index in [1.54, 1.807) is 11.8 Å². The molecule has 1 aromatic rings. The molecule has 0 saturated carbocycles. The van der Waals surface area contributed by atoms with Gasteiger partial charge in [-0.25, -0.2) is 0 Å². The van der Waals surface area contributed by atoms with Crippen molar-refractivity contribution in [2.24, 2.45) is 0 Å². The summed E-state index contributed by atoms with van der Waals surface area (Å²) in [6.07, 6.45) is 3.07. The topological polar surface area (TPSA) is 38.1 Å². The van der Waals surface area contributed by atoms with Crippen LogP contribution in [0.2, 0.25) is 0 Å². The van der Waals surface area contributed by atoms with Gasteiger partial charge in [-0.3, -0.25) is 0 Å². The monoisotopic (exact) mass is 170 g/mol. The number of hydrogen-bond acceptors (Lipinski definition) is 4. The molecule has 0 bridgehead atoms. The van der Waals surface area contributed by atoms with Crippen LogP contribution in [0.3, 0.4) is 0 Å². The molecule has 1 aliphatic heterocycles. The Bertz CT molecular complexity index is 245. The van der Waals surface area contributed by atoms with Crippen molar-refractivity contribution in [3.05, 3.63) is 11.3 Å². The van der Waals surface area contributed by atoms with Crippen molar-refractivity contribution in [3.8, 4) is 0 Å². The van der Waals surface area contributed by atoms with Gasteiger partial charge < -0.3 is 9.84 Å². The molecule has 0 saturated heterocycles. The number of rotatable bonds is 1. The van der Waals surface area contributed by atoms with Gasteiger partial charge in [0.05, 0.1) is 0 Å². The molecule has 0 aliphatic carbocycles. The Balaban J connectivity index is 2.38. The molecular formula is C7H10N2OS. The third-order valence-electron chi connectivity index (χ3n) is 1.86. The molecule has 2 rings (SSSR count). The third-order valence-corrected chi connectivity index (χ3v) is 2.55. The number of nitrogens with zero attached hydrogens (tertiary/aromatic N) is 1. The van der Waals surface area contributed by atoms with Crippen molar-refractivity contribution < 1.29 is 4.52 Å². The van der Waals surface area contributed by atoms with Gasteiger partial charge >= 0.3 is 0 Å². The summed E-state index contributed by atoms with van der Waals surface area (Å²) in [5, 5.41) is 8.20. The summed E-state index contributed by atoms with van der Waals surface area (Å²) in [7, 11) is 0. The largest absolute Gasteiger partial charge is 0.349 e. The van der Waals surface area contributed by atoms with Crippen LogP contribution in [0.4, 0.5) is 0 Å². The molecular weight excluding hydrogens is 160 g/mol. The van der Waals surface area contributed by atoms with E-state index in [1.807, 2.05) is 6.26 Å². The Labute approximate surface area is 69.5 Å². The highest BCUT2D eigenvalue weighted by molar-refractivity contribution is 7.98. The maximum Gasteiger partial charge on any atom is 0.196 e. The summed E-state index contributed by atoms with van der Waals surface area (Å²) in [5.41, 5.74) is 2.39. The summed E-state index contributed by atoms with van der Waals surface area (Å²) >= 11 is 1.63. The van der Waals surface area contributed by atoms with Crippen LogP contribution in [0.15, 0.2) is 9.62 Å². The van der Waals surface area contributed by atoms with Crippen molar-refractivity contribution in [1.82, 2.24) is 10.5 Å². The van der Waals surface area contributed by atoms with Gasteiger partial charge in [-0.1, -0.05) is 16.9 Å². The fraction of sp³-hybridized carbons (Fsp3) is 0.571. The summed E-state index contributed by atoms with van der Waals surface area (Å²) in [4.78, 5) is 0. The van der Waals surface area contributed by atoms with E-state index in [4.69, 9.17) is 4.52 Å². The van der Waals surface area contributed by atoms with Crippen LogP contribution >= 0.6 is 11.8 Å². The summed E-state index contributed by atoms with van der Waals surface area (Å²) in [6.45, 7) is 1.90. The van der Waals surface area contributed by atoms with Crippen LogP contribution in [-0.2, 0) is 13.0 Å². The zero-order chi connectivity index (χ0) is 7.68. The van der Waals surface area contributed by atoms with Crippen LogP contribution in [-0.4, -0.2) is 18.0 Å². The standard InChI is InChI=1S/C7H10N2OS/c1-11-7-5-2-3-8-4-6(5)9-10-7/h8H,2-4H2,1H3. The second-order valence-electron chi connectivity index (χ2n) is 2.53. The second-order valence-corrected chi connectivity index (χ2v) is 3.31. The summed E-state index contributed by atoms with van der Waals surface area (Å²) in [6, 6.07) is 0. The fourth-order valence-corrected chi connectivity index (χ4v) is 1.87. The number of hydrogen-bond donors (Lipinski definition) is 1. The highest BCUT2D eigenvalue weighted by atomic mass is 32.2. The smallest absolute Gasteiger partial charge is 0.196 e. The molecule has 11 heavy (non-hydrogen) atoms. The Morgan fingerprint density at radius 1 is 1.64 bits per heavy atom. The highest BCUT2D eigenvalue weighted by Gasteiger charge is 2.17. The third kappa shape index (κ3) is 1.16. The first-order valence-corrected chi connectivity index (χ1v) is 4.86. The van der Waals surface area contributed by atoms with E-state index in [0.29, 0.717) is 0 Å². The van der Waals surface area contributed by atoms with Gasteiger partial charge in [0.25, 0.3) is 0 Å². The number of thioether (sulfide) groups is 1. The lowest BCUT2D eigenvalue weighted by molar-refractivity contribution is 0.344. The fourth-order valence-electron chi connectivity index (χ4n) is 1.29. The van der Waals surface area contributed by atoms with E-state index < -0.39 is 0 Å². The van der Waals surface area contributed by atoms with E-state index in [-0.39, 0.29) is 0 Å². The lowest BCUT2D eigenvalue weighted by Crippen LogP contribution is -2.23. The Morgan fingerprint density at radius 3 is 3.36 bits per heavy atom. The molecule has 2 heterocycles. The van der Waals surface area contributed by atoms with Gasteiger partial charge in [0.1, 0.15) is 5.69 Å². The zero-order valence-corrected chi connectivity index (χ0v) is 7.20. The predicted molar refractivity (Wildman–Crippen MR) is 43.7 cm³/mol. The molecule has 0 unspecified atom stereocenters. The SMILES string of the molecule is CSc1onc2c1CCNC2. The number of aromatic nitrogens is 1. The second kappa shape index (κ2) is 2.87. The van der Waals surface area contributed by atoms with Gasteiger partial charge in [0.2, 0.25) is 0 Å². The average molecular weight is 170 g/mol. The first kappa shape index (κ1) is 7.18. The molecule has 60 valence electrons. The van der Waals surface area contributed by atoms with Crippen molar-refractivity contribution in [2.45, 2.75) is 18.1 Å². The summed E-state index contributed by atoms with van der Waals surface area (Å²) in [5.74, 6) is 0. The van der Waals surface area contributed by atoms with Crippen LogP contribution in [0.25, 0.3) is 0 Å². The first-order chi connectivity index (χ1) is 5.42. The van der Waals surface area contributed by atoms with Crippen LogP contribution < -0.4 is 5.32 Å². The lowest BCUT2D eigenvalue weighted by atomic mass is 10.1. The van der Waals surface area contributed by atoms with E-state index in [2.05, 4.69) is 10.5 Å². The summed E-state index contributed by atoms with van der Waals surface area (Å²) < 4.78 is 5.14. The van der Waals surface area contributed by atoms with Crippen LogP contribution in [0, 0.1) is 0 Å². The Hall–Kier alpha value is -0.480. The van der Waals surface area contributed by atoms with Crippen molar-refractivity contribution >= 4 is 11.8 Å². The predicted octanol–water partition coefficient (Wildman–Crippen LogP) is 1.04. The minimum atomic E-state index is 0.861. The van der Waals surface area contributed by atoms with Gasteiger partial charge in [-0.2, -0.15) is 0 Å². The molecule has 1 N–H and O–H groups in total. The quantitative estimate of drug-likeness (QED) is 0.639. The van der Waals surface area contributed by atoms with Crippen LogP contribution in [0.1, 0.15) is 11.3 Å².